The maximum atomic E-state index is 3.36. The zero-order chi connectivity index (χ0) is 9.68. The molecule has 0 heterocycles. The Morgan fingerprint density at radius 3 is 2.15 bits per heavy atom. The van der Waals surface area contributed by atoms with Gasteiger partial charge in [-0.2, -0.15) is 0 Å². The first kappa shape index (κ1) is 10.1. The zero-order valence-electron chi connectivity index (χ0n) is 8.65. The molecule has 0 atom stereocenters. The van der Waals surface area contributed by atoms with Crippen molar-refractivity contribution in [3.05, 3.63) is 29.3 Å². The van der Waals surface area contributed by atoms with E-state index in [1.165, 1.54) is 16.8 Å². The molecule has 72 valence electrons. The fraction of sp³-hybridized carbons (Fsp3) is 0.455. The quantitative estimate of drug-likeness (QED) is 0.688. The predicted molar refractivity (Wildman–Crippen MR) is 58.3 cm³/mol. The average Bonchev–Trinajstić information content (AvgIpc) is 2.03. The van der Waals surface area contributed by atoms with Gasteiger partial charge in [0.15, 0.2) is 0 Å². The Kier molecular flexibility index (Phi) is 3.77. The number of hydrogen-bond donors (Lipinski definition) is 2. The lowest BCUT2D eigenvalue weighted by Gasteiger charge is -2.07. The number of nitrogens with one attached hydrogen (secondary N) is 2. The summed E-state index contributed by atoms with van der Waals surface area (Å²) >= 11 is 0. The van der Waals surface area contributed by atoms with E-state index in [0.29, 0.717) is 0 Å². The highest BCUT2D eigenvalue weighted by atomic mass is 14.9. The van der Waals surface area contributed by atoms with E-state index >= 15 is 0 Å². The van der Waals surface area contributed by atoms with Crippen LogP contribution in [0.5, 0.6) is 0 Å². The molecular formula is C11H18N2. The van der Waals surface area contributed by atoms with Crippen LogP contribution in [0, 0.1) is 13.8 Å². The number of benzene rings is 1. The summed E-state index contributed by atoms with van der Waals surface area (Å²) in [6.07, 6.45) is 0. The topological polar surface area (TPSA) is 24.1 Å². The predicted octanol–water partition coefficient (Wildman–Crippen LogP) is 1.93. The smallest absolute Gasteiger partial charge is 0.0345 e. The van der Waals surface area contributed by atoms with Crippen molar-refractivity contribution in [3.63, 3.8) is 0 Å². The van der Waals surface area contributed by atoms with Gasteiger partial charge in [-0.3, -0.25) is 0 Å². The Morgan fingerprint density at radius 2 is 1.62 bits per heavy atom. The fourth-order valence-electron chi connectivity index (χ4n) is 1.41. The second-order valence-corrected chi connectivity index (χ2v) is 3.41. The highest BCUT2D eigenvalue weighted by Crippen LogP contribution is 2.12. The summed E-state index contributed by atoms with van der Waals surface area (Å²) in [5.74, 6) is 0. The maximum absolute atomic E-state index is 3.36. The molecule has 0 spiro atoms. The molecule has 1 aromatic carbocycles. The van der Waals surface area contributed by atoms with Gasteiger partial charge in [-0.15, -0.1) is 0 Å². The van der Waals surface area contributed by atoms with Crippen molar-refractivity contribution in [3.8, 4) is 0 Å². The standard InChI is InChI=1S/C11H18N2/c1-9-6-10(2)8-11(7-9)13-5-4-12-3/h6-8,12-13H,4-5H2,1-3H3. The average molecular weight is 178 g/mol. The highest BCUT2D eigenvalue weighted by Gasteiger charge is 1.93. The zero-order valence-corrected chi connectivity index (χ0v) is 8.65. The Bertz CT molecular complexity index is 249. The molecule has 2 N–H and O–H groups in total. The molecule has 0 bridgehead atoms. The van der Waals surface area contributed by atoms with Crippen LogP contribution in [0.1, 0.15) is 11.1 Å². The molecule has 0 radical (unpaired) electrons. The number of hydrogen-bond acceptors (Lipinski definition) is 2. The minimum atomic E-state index is 0.972. The van der Waals surface area contributed by atoms with Crippen molar-refractivity contribution in [2.75, 3.05) is 25.5 Å². The van der Waals surface area contributed by atoms with Crippen molar-refractivity contribution < 1.29 is 0 Å². The maximum Gasteiger partial charge on any atom is 0.0345 e. The molecule has 0 aliphatic rings. The molecule has 13 heavy (non-hydrogen) atoms. The van der Waals surface area contributed by atoms with Crippen molar-refractivity contribution >= 4 is 5.69 Å². The Labute approximate surface area is 80.4 Å². The first-order valence-electron chi connectivity index (χ1n) is 4.69. The van der Waals surface area contributed by atoms with Crippen LogP contribution >= 0.6 is 0 Å². The molecule has 0 aliphatic heterocycles. The van der Waals surface area contributed by atoms with Gasteiger partial charge in [0.05, 0.1) is 0 Å². The number of rotatable bonds is 4. The summed E-state index contributed by atoms with van der Waals surface area (Å²) in [4.78, 5) is 0. The van der Waals surface area contributed by atoms with Gasteiger partial charge in [-0.1, -0.05) is 6.07 Å². The summed E-state index contributed by atoms with van der Waals surface area (Å²) in [5, 5.41) is 6.47. The van der Waals surface area contributed by atoms with E-state index in [9.17, 15) is 0 Å². The van der Waals surface area contributed by atoms with Gasteiger partial charge in [-0.05, 0) is 44.2 Å². The second kappa shape index (κ2) is 4.87. The summed E-state index contributed by atoms with van der Waals surface area (Å²) in [6.45, 7) is 6.21. The van der Waals surface area contributed by atoms with Crippen LogP contribution in [-0.4, -0.2) is 20.1 Å². The summed E-state index contributed by atoms with van der Waals surface area (Å²) in [6, 6.07) is 6.52. The van der Waals surface area contributed by atoms with Crippen LogP contribution in [-0.2, 0) is 0 Å². The SMILES string of the molecule is CNCCNc1cc(C)cc(C)c1. The van der Waals surface area contributed by atoms with Crippen LogP contribution in [0.4, 0.5) is 5.69 Å². The van der Waals surface area contributed by atoms with Crippen LogP contribution in [0.3, 0.4) is 0 Å². The first-order chi connectivity index (χ1) is 6.22. The number of anilines is 1. The fourth-order valence-corrected chi connectivity index (χ4v) is 1.41. The lowest BCUT2D eigenvalue weighted by atomic mass is 10.1. The summed E-state index contributed by atoms with van der Waals surface area (Å²) < 4.78 is 0. The molecule has 2 heteroatoms. The summed E-state index contributed by atoms with van der Waals surface area (Å²) in [7, 11) is 1.96. The van der Waals surface area contributed by atoms with Gasteiger partial charge >= 0.3 is 0 Å². The lowest BCUT2D eigenvalue weighted by Crippen LogP contribution is -2.17. The first-order valence-corrected chi connectivity index (χ1v) is 4.69. The second-order valence-electron chi connectivity index (χ2n) is 3.41. The molecule has 0 saturated heterocycles. The third kappa shape index (κ3) is 3.47. The molecular weight excluding hydrogens is 160 g/mol. The molecule has 0 aliphatic carbocycles. The molecule has 0 aromatic heterocycles. The number of likely N-dealkylation sites (N-methyl/N-ethyl adjacent to an activating group) is 1. The molecule has 0 unspecified atom stereocenters. The Morgan fingerprint density at radius 1 is 1.00 bits per heavy atom. The van der Waals surface area contributed by atoms with E-state index in [2.05, 4.69) is 42.7 Å². The van der Waals surface area contributed by atoms with Crippen LogP contribution in [0.15, 0.2) is 18.2 Å². The van der Waals surface area contributed by atoms with E-state index in [-0.39, 0.29) is 0 Å². The normalized spacial score (nSPS) is 10.1. The minimum Gasteiger partial charge on any atom is -0.384 e. The van der Waals surface area contributed by atoms with Gasteiger partial charge in [0.2, 0.25) is 0 Å². The van der Waals surface area contributed by atoms with E-state index in [4.69, 9.17) is 0 Å². The third-order valence-electron chi connectivity index (χ3n) is 1.93. The van der Waals surface area contributed by atoms with Crippen LogP contribution in [0.25, 0.3) is 0 Å². The Hall–Kier alpha value is -1.02. The van der Waals surface area contributed by atoms with Gasteiger partial charge in [0.1, 0.15) is 0 Å². The monoisotopic (exact) mass is 178 g/mol. The molecule has 0 amide bonds. The minimum absolute atomic E-state index is 0.972. The van der Waals surface area contributed by atoms with Crippen molar-refractivity contribution in [1.82, 2.24) is 5.32 Å². The molecule has 1 aromatic rings. The van der Waals surface area contributed by atoms with Crippen molar-refractivity contribution in [2.24, 2.45) is 0 Å². The van der Waals surface area contributed by atoms with Gasteiger partial charge in [0, 0.05) is 18.8 Å². The molecule has 1 rings (SSSR count). The van der Waals surface area contributed by atoms with Gasteiger partial charge < -0.3 is 10.6 Å². The summed E-state index contributed by atoms with van der Waals surface area (Å²) in [5.41, 5.74) is 3.84. The van der Waals surface area contributed by atoms with Gasteiger partial charge in [-0.25, -0.2) is 0 Å². The third-order valence-corrected chi connectivity index (χ3v) is 1.93. The molecule has 0 saturated carbocycles. The Balaban J connectivity index is 2.56. The van der Waals surface area contributed by atoms with Gasteiger partial charge in [0.25, 0.3) is 0 Å². The number of aryl methyl sites for hydroxylation is 2. The van der Waals surface area contributed by atoms with Crippen molar-refractivity contribution in [2.45, 2.75) is 13.8 Å². The van der Waals surface area contributed by atoms with E-state index in [1.807, 2.05) is 7.05 Å². The largest absolute Gasteiger partial charge is 0.384 e. The highest BCUT2D eigenvalue weighted by molar-refractivity contribution is 5.48. The van der Waals surface area contributed by atoms with Crippen LogP contribution in [0.2, 0.25) is 0 Å². The van der Waals surface area contributed by atoms with E-state index in [0.717, 1.165) is 13.1 Å². The molecule has 0 fully saturated rings. The van der Waals surface area contributed by atoms with Crippen molar-refractivity contribution in [1.29, 1.82) is 0 Å². The molecule has 2 nitrogen and oxygen atoms in total. The van der Waals surface area contributed by atoms with Crippen LogP contribution < -0.4 is 10.6 Å². The lowest BCUT2D eigenvalue weighted by molar-refractivity contribution is 0.824. The van der Waals surface area contributed by atoms with E-state index < -0.39 is 0 Å². The van der Waals surface area contributed by atoms with E-state index in [1.54, 1.807) is 0 Å².